The van der Waals surface area contributed by atoms with E-state index in [1.807, 2.05) is 18.2 Å². The second-order valence-electron chi connectivity index (χ2n) is 6.09. The van der Waals surface area contributed by atoms with E-state index in [9.17, 15) is 4.79 Å². The first-order valence-electron chi connectivity index (χ1n) is 7.75. The van der Waals surface area contributed by atoms with Crippen molar-refractivity contribution >= 4 is 5.91 Å². The van der Waals surface area contributed by atoms with Crippen LogP contribution < -0.4 is 10.1 Å². The molecule has 0 radical (unpaired) electrons. The molecule has 0 spiro atoms. The maximum Gasteiger partial charge on any atom is 0.273 e. The van der Waals surface area contributed by atoms with Gasteiger partial charge in [0.15, 0.2) is 5.69 Å². The lowest BCUT2D eigenvalue weighted by atomic mass is 9.97. The lowest BCUT2D eigenvalue weighted by Gasteiger charge is -2.25. The Morgan fingerprint density at radius 1 is 1.32 bits per heavy atom. The molecule has 1 atom stereocenters. The number of hydrogen-bond acceptors (Lipinski definition) is 4. The predicted molar refractivity (Wildman–Crippen MR) is 79.9 cm³/mol. The van der Waals surface area contributed by atoms with Gasteiger partial charge in [0.05, 0.1) is 6.61 Å². The monoisotopic (exact) mass is 298 g/mol. The highest BCUT2D eigenvalue weighted by molar-refractivity contribution is 5.92. The van der Waals surface area contributed by atoms with Crippen LogP contribution in [0.4, 0.5) is 0 Å². The molecule has 0 bridgehead atoms. The number of nitrogens with zero attached hydrogens (tertiary/aromatic N) is 1. The van der Waals surface area contributed by atoms with E-state index >= 15 is 0 Å². The zero-order valence-corrected chi connectivity index (χ0v) is 12.2. The molecule has 1 aliphatic carbocycles. The fourth-order valence-electron chi connectivity index (χ4n) is 2.81. The highest BCUT2D eigenvalue weighted by atomic mass is 16.5. The summed E-state index contributed by atoms with van der Waals surface area (Å²) in [7, 11) is 0. The van der Waals surface area contributed by atoms with Crippen molar-refractivity contribution in [2.75, 3.05) is 13.2 Å². The molecule has 2 aromatic rings. The van der Waals surface area contributed by atoms with Gasteiger partial charge >= 0.3 is 0 Å². The molecule has 2 heterocycles. The van der Waals surface area contributed by atoms with E-state index in [0.717, 1.165) is 30.8 Å². The molecule has 1 N–H and O–H groups in total. The van der Waals surface area contributed by atoms with Crippen LogP contribution in [0.2, 0.25) is 0 Å². The molecular weight excluding hydrogens is 280 g/mol. The molecule has 1 amide bonds. The number of benzene rings is 1. The Hall–Kier alpha value is -2.30. The molecule has 5 heteroatoms. The van der Waals surface area contributed by atoms with Crippen LogP contribution in [0.1, 0.15) is 40.6 Å². The van der Waals surface area contributed by atoms with E-state index in [4.69, 9.17) is 9.26 Å². The summed E-state index contributed by atoms with van der Waals surface area (Å²) >= 11 is 0. The number of para-hydroxylation sites is 1. The molecule has 22 heavy (non-hydrogen) atoms. The van der Waals surface area contributed by atoms with Crippen LogP contribution in [0.25, 0.3) is 0 Å². The third-order valence-electron chi connectivity index (χ3n) is 4.25. The number of rotatable bonds is 4. The Labute approximate surface area is 128 Å². The average molecular weight is 298 g/mol. The zero-order chi connectivity index (χ0) is 14.9. The van der Waals surface area contributed by atoms with Gasteiger partial charge < -0.3 is 14.6 Å². The lowest BCUT2D eigenvalue weighted by Crippen LogP contribution is -2.34. The molecule has 2 aliphatic rings. The number of aromatic nitrogens is 1. The van der Waals surface area contributed by atoms with Crippen LogP contribution in [0.15, 0.2) is 34.9 Å². The number of ether oxygens (including phenoxy) is 1. The van der Waals surface area contributed by atoms with E-state index in [2.05, 4.69) is 16.5 Å². The molecule has 1 aromatic heterocycles. The van der Waals surface area contributed by atoms with Crippen molar-refractivity contribution in [1.82, 2.24) is 10.5 Å². The molecular formula is C17H18N2O3. The number of amides is 1. The van der Waals surface area contributed by atoms with Crippen LogP contribution >= 0.6 is 0 Å². The van der Waals surface area contributed by atoms with Crippen molar-refractivity contribution in [3.05, 3.63) is 47.3 Å². The van der Waals surface area contributed by atoms with E-state index < -0.39 is 0 Å². The molecule has 1 unspecified atom stereocenters. The van der Waals surface area contributed by atoms with Gasteiger partial charge in [-0.2, -0.15) is 0 Å². The number of fused-ring (bicyclic) bond motifs is 1. The Balaban J connectivity index is 1.33. The van der Waals surface area contributed by atoms with Crippen molar-refractivity contribution < 1.29 is 14.1 Å². The van der Waals surface area contributed by atoms with E-state index in [1.54, 1.807) is 6.07 Å². The van der Waals surface area contributed by atoms with Gasteiger partial charge in [0.2, 0.25) is 0 Å². The Kier molecular flexibility index (Phi) is 3.33. The number of hydrogen-bond donors (Lipinski definition) is 1. The largest absolute Gasteiger partial charge is 0.493 e. The van der Waals surface area contributed by atoms with Crippen LogP contribution in [0, 0.1) is 5.92 Å². The van der Waals surface area contributed by atoms with Crippen molar-refractivity contribution in [3.8, 4) is 5.75 Å². The van der Waals surface area contributed by atoms with Crippen molar-refractivity contribution in [3.63, 3.8) is 0 Å². The molecule has 0 saturated heterocycles. The maximum atomic E-state index is 12.1. The predicted octanol–water partition coefficient (Wildman–Crippen LogP) is 2.53. The molecule has 5 nitrogen and oxygen atoms in total. The van der Waals surface area contributed by atoms with Crippen molar-refractivity contribution in [2.24, 2.45) is 5.92 Å². The van der Waals surface area contributed by atoms with Crippen LogP contribution in [-0.4, -0.2) is 24.2 Å². The van der Waals surface area contributed by atoms with Crippen LogP contribution in [0.3, 0.4) is 0 Å². The second-order valence-corrected chi connectivity index (χ2v) is 6.09. The van der Waals surface area contributed by atoms with Gasteiger partial charge in [-0.25, -0.2) is 0 Å². The number of carbonyl (C=O) groups is 1. The smallest absolute Gasteiger partial charge is 0.273 e. The molecule has 1 fully saturated rings. The molecule has 4 rings (SSSR count). The fourth-order valence-corrected chi connectivity index (χ4v) is 2.81. The summed E-state index contributed by atoms with van der Waals surface area (Å²) in [6.07, 6.45) is 3.19. The minimum atomic E-state index is -0.172. The minimum Gasteiger partial charge on any atom is -0.493 e. The van der Waals surface area contributed by atoms with E-state index in [1.165, 1.54) is 5.56 Å². The Bertz CT molecular complexity index is 691. The summed E-state index contributed by atoms with van der Waals surface area (Å²) in [5, 5.41) is 6.79. The highest BCUT2D eigenvalue weighted by Gasteiger charge is 2.29. The second kappa shape index (κ2) is 5.48. The minimum absolute atomic E-state index is 0.172. The van der Waals surface area contributed by atoms with E-state index in [-0.39, 0.29) is 11.8 Å². The maximum absolute atomic E-state index is 12.1. The van der Waals surface area contributed by atoms with Gasteiger partial charge in [-0.3, -0.25) is 4.79 Å². The zero-order valence-electron chi connectivity index (χ0n) is 12.2. The van der Waals surface area contributed by atoms with Gasteiger partial charge in [0.1, 0.15) is 11.5 Å². The van der Waals surface area contributed by atoms with Crippen LogP contribution in [0.5, 0.6) is 5.75 Å². The van der Waals surface area contributed by atoms with Crippen molar-refractivity contribution in [1.29, 1.82) is 0 Å². The van der Waals surface area contributed by atoms with Gasteiger partial charge in [0, 0.05) is 24.4 Å². The normalized spacial score (nSPS) is 20.1. The lowest BCUT2D eigenvalue weighted by molar-refractivity contribution is 0.0930. The summed E-state index contributed by atoms with van der Waals surface area (Å²) in [6, 6.07) is 9.81. The summed E-state index contributed by atoms with van der Waals surface area (Å²) in [4.78, 5) is 12.1. The van der Waals surface area contributed by atoms with Crippen LogP contribution in [-0.2, 0) is 6.42 Å². The third kappa shape index (κ3) is 2.71. The third-order valence-corrected chi connectivity index (χ3v) is 4.25. The molecule has 1 aliphatic heterocycles. The first kappa shape index (κ1) is 13.4. The molecule has 1 aromatic carbocycles. The SMILES string of the molecule is O=C(NCC1COc2ccccc2C1)c1cc(C2CC2)on1. The fraction of sp³-hybridized carbons (Fsp3) is 0.412. The van der Waals surface area contributed by atoms with Gasteiger partial charge in [-0.05, 0) is 30.9 Å². The number of nitrogens with one attached hydrogen (secondary N) is 1. The van der Waals surface area contributed by atoms with E-state index in [0.29, 0.717) is 24.8 Å². The summed E-state index contributed by atoms with van der Waals surface area (Å²) in [5.41, 5.74) is 1.57. The standard InChI is InChI=1S/C17H18N2O3/c20-17(14-8-16(22-19-14)12-5-6-12)18-9-11-7-13-3-1-2-4-15(13)21-10-11/h1-4,8,11-12H,5-7,9-10H2,(H,18,20). The van der Waals surface area contributed by atoms with Gasteiger partial charge in [-0.15, -0.1) is 0 Å². The summed E-state index contributed by atoms with van der Waals surface area (Å²) < 4.78 is 10.9. The topological polar surface area (TPSA) is 64.4 Å². The average Bonchev–Trinajstić information content (AvgIpc) is 3.29. The molecule has 1 saturated carbocycles. The first-order valence-corrected chi connectivity index (χ1v) is 7.75. The molecule has 114 valence electrons. The summed E-state index contributed by atoms with van der Waals surface area (Å²) in [6.45, 7) is 1.21. The van der Waals surface area contributed by atoms with Gasteiger partial charge in [0.25, 0.3) is 5.91 Å². The quantitative estimate of drug-likeness (QED) is 0.942. The highest BCUT2D eigenvalue weighted by Crippen LogP contribution is 2.40. The van der Waals surface area contributed by atoms with Crippen molar-refractivity contribution in [2.45, 2.75) is 25.2 Å². The first-order chi connectivity index (χ1) is 10.8. The Morgan fingerprint density at radius 2 is 2.18 bits per heavy atom. The Morgan fingerprint density at radius 3 is 3.05 bits per heavy atom. The van der Waals surface area contributed by atoms with Gasteiger partial charge in [-0.1, -0.05) is 23.4 Å². The summed E-state index contributed by atoms with van der Waals surface area (Å²) in [5.74, 6) is 2.37. The number of carbonyl (C=O) groups excluding carboxylic acids is 1.